The molecule has 1 aromatic rings. The molecule has 1 heterocycles. The van der Waals surface area contributed by atoms with Crippen LogP contribution in [0.2, 0.25) is 0 Å². The number of aryl methyl sites for hydroxylation is 1. The smallest absolute Gasteiger partial charge is 0.0728 e. The molecule has 2 atom stereocenters. The molecule has 0 bridgehead atoms. The molecule has 0 radical (unpaired) electrons. The van der Waals surface area contributed by atoms with Crippen LogP contribution in [0.3, 0.4) is 0 Å². The molecule has 0 spiro atoms. The average Bonchev–Trinajstić information content (AvgIpc) is 2.62. The summed E-state index contributed by atoms with van der Waals surface area (Å²) in [5.41, 5.74) is 1.15. The molecule has 72 valence electrons. The Hall–Kier alpha value is -0.990. The van der Waals surface area contributed by atoms with Gasteiger partial charge in [0.25, 0.3) is 0 Å². The highest BCUT2D eigenvalue weighted by molar-refractivity contribution is 5.39. The summed E-state index contributed by atoms with van der Waals surface area (Å²) in [7, 11) is 1.95. The summed E-state index contributed by atoms with van der Waals surface area (Å²) in [6, 6.07) is 0.666. The number of hydrogen-bond acceptors (Lipinski definition) is 2. The summed E-state index contributed by atoms with van der Waals surface area (Å²) in [4.78, 5) is 0. The number of nitrogens with one attached hydrogen (secondary N) is 1. The van der Waals surface area contributed by atoms with E-state index in [1.807, 2.05) is 24.1 Å². The van der Waals surface area contributed by atoms with E-state index in [2.05, 4.69) is 17.3 Å². The molecule has 0 amide bonds. The predicted molar refractivity (Wildman–Crippen MR) is 53.6 cm³/mol. The number of hydrogen-bond donors (Lipinski definition) is 1. The standard InChI is InChI=1S/C10H17N3/c1-8-3-4-9(5-8)12-10-6-11-13(2)7-10/h6-9,12H,3-5H2,1-2H3/t8-,9-/m0/s1. The second-order valence-corrected chi connectivity index (χ2v) is 4.16. The molecule has 0 aromatic carbocycles. The molecule has 1 fully saturated rings. The summed E-state index contributed by atoms with van der Waals surface area (Å²) in [6.45, 7) is 2.32. The fraction of sp³-hybridized carbons (Fsp3) is 0.700. The minimum Gasteiger partial charge on any atom is -0.380 e. The fourth-order valence-corrected chi connectivity index (χ4v) is 2.07. The van der Waals surface area contributed by atoms with Crippen molar-refractivity contribution in [3.63, 3.8) is 0 Å². The normalized spacial score (nSPS) is 27.8. The molecule has 2 rings (SSSR count). The van der Waals surface area contributed by atoms with E-state index in [9.17, 15) is 0 Å². The van der Waals surface area contributed by atoms with Crippen LogP contribution in [-0.4, -0.2) is 15.8 Å². The number of rotatable bonds is 2. The number of anilines is 1. The van der Waals surface area contributed by atoms with Gasteiger partial charge in [-0.15, -0.1) is 0 Å². The van der Waals surface area contributed by atoms with Crippen molar-refractivity contribution in [3.05, 3.63) is 12.4 Å². The monoisotopic (exact) mass is 179 g/mol. The third-order valence-electron chi connectivity index (χ3n) is 2.77. The Morgan fingerprint density at radius 1 is 1.54 bits per heavy atom. The average molecular weight is 179 g/mol. The van der Waals surface area contributed by atoms with Crippen LogP contribution in [0.4, 0.5) is 5.69 Å². The van der Waals surface area contributed by atoms with Gasteiger partial charge in [0.15, 0.2) is 0 Å². The summed E-state index contributed by atoms with van der Waals surface area (Å²) in [5.74, 6) is 0.883. The molecule has 3 heteroatoms. The van der Waals surface area contributed by atoms with E-state index >= 15 is 0 Å². The zero-order valence-electron chi connectivity index (χ0n) is 8.33. The minimum atomic E-state index is 0.666. The fourth-order valence-electron chi connectivity index (χ4n) is 2.07. The van der Waals surface area contributed by atoms with Crippen molar-refractivity contribution in [1.29, 1.82) is 0 Å². The molecule has 1 saturated carbocycles. The highest BCUT2D eigenvalue weighted by Gasteiger charge is 2.20. The van der Waals surface area contributed by atoms with E-state index in [-0.39, 0.29) is 0 Å². The largest absolute Gasteiger partial charge is 0.380 e. The summed E-state index contributed by atoms with van der Waals surface area (Å²) >= 11 is 0. The second-order valence-electron chi connectivity index (χ2n) is 4.16. The van der Waals surface area contributed by atoms with Crippen LogP contribution < -0.4 is 5.32 Å². The van der Waals surface area contributed by atoms with E-state index in [4.69, 9.17) is 0 Å². The van der Waals surface area contributed by atoms with Crippen molar-refractivity contribution in [3.8, 4) is 0 Å². The third-order valence-corrected chi connectivity index (χ3v) is 2.77. The maximum absolute atomic E-state index is 4.13. The van der Waals surface area contributed by atoms with Gasteiger partial charge in [-0.25, -0.2) is 0 Å². The van der Waals surface area contributed by atoms with Crippen LogP contribution in [0.1, 0.15) is 26.2 Å². The molecule has 0 unspecified atom stereocenters. The van der Waals surface area contributed by atoms with E-state index in [0.29, 0.717) is 6.04 Å². The Morgan fingerprint density at radius 3 is 2.92 bits per heavy atom. The van der Waals surface area contributed by atoms with E-state index in [0.717, 1.165) is 11.6 Å². The highest BCUT2D eigenvalue weighted by atomic mass is 15.3. The molecular formula is C10H17N3. The summed E-state index contributed by atoms with van der Waals surface area (Å²) in [5, 5.41) is 7.64. The van der Waals surface area contributed by atoms with E-state index in [1.165, 1.54) is 19.3 Å². The lowest BCUT2D eigenvalue weighted by molar-refractivity contribution is 0.602. The van der Waals surface area contributed by atoms with Crippen molar-refractivity contribution >= 4 is 5.69 Å². The highest BCUT2D eigenvalue weighted by Crippen LogP contribution is 2.27. The van der Waals surface area contributed by atoms with Gasteiger partial charge in [-0.05, 0) is 25.2 Å². The molecule has 1 aromatic heterocycles. The Morgan fingerprint density at radius 2 is 2.38 bits per heavy atom. The SMILES string of the molecule is C[C@H]1CC[C@H](Nc2cnn(C)c2)C1. The van der Waals surface area contributed by atoms with Crippen LogP contribution in [-0.2, 0) is 7.05 Å². The van der Waals surface area contributed by atoms with E-state index < -0.39 is 0 Å². The zero-order chi connectivity index (χ0) is 9.26. The maximum Gasteiger partial charge on any atom is 0.0728 e. The van der Waals surface area contributed by atoms with Crippen molar-refractivity contribution in [2.45, 2.75) is 32.2 Å². The van der Waals surface area contributed by atoms with Crippen LogP contribution in [0, 0.1) is 5.92 Å². The van der Waals surface area contributed by atoms with Crippen molar-refractivity contribution < 1.29 is 0 Å². The Balaban J connectivity index is 1.91. The first-order valence-corrected chi connectivity index (χ1v) is 4.99. The van der Waals surface area contributed by atoms with Gasteiger partial charge in [0, 0.05) is 19.3 Å². The lowest BCUT2D eigenvalue weighted by Crippen LogP contribution is -2.14. The van der Waals surface area contributed by atoms with Gasteiger partial charge in [-0.2, -0.15) is 5.10 Å². The zero-order valence-corrected chi connectivity index (χ0v) is 8.33. The van der Waals surface area contributed by atoms with Gasteiger partial charge >= 0.3 is 0 Å². The Bertz CT molecular complexity index is 279. The first-order valence-electron chi connectivity index (χ1n) is 4.99. The van der Waals surface area contributed by atoms with Crippen LogP contribution in [0.15, 0.2) is 12.4 Å². The molecule has 3 nitrogen and oxygen atoms in total. The molecule has 0 saturated heterocycles. The maximum atomic E-state index is 4.13. The molecule has 13 heavy (non-hydrogen) atoms. The van der Waals surface area contributed by atoms with Crippen LogP contribution >= 0.6 is 0 Å². The first kappa shape index (κ1) is 8.60. The lowest BCUT2D eigenvalue weighted by Gasteiger charge is -2.11. The second kappa shape index (κ2) is 3.40. The number of nitrogens with zero attached hydrogens (tertiary/aromatic N) is 2. The topological polar surface area (TPSA) is 29.9 Å². The Kier molecular flexibility index (Phi) is 2.25. The van der Waals surface area contributed by atoms with Gasteiger partial charge in [-0.1, -0.05) is 6.92 Å². The Labute approximate surface area is 79.1 Å². The molecular weight excluding hydrogens is 162 g/mol. The van der Waals surface area contributed by atoms with Crippen LogP contribution in [0.25, 0.3) is 0 Å². The van der Waals surface area contributed by atoms with Gasteiger partial charge in [0.1, 0.15) is 0 Å². The molecule has 1 aliphatic rings. The van der Waals surface area contributed by atoms with E-state index in [1.54, 1.807) is 0 Å². The van der Waals surface area contributed by atoms with Gasteiger partial charge < -0.3 is 5.32 Å². The first-order chi connectivity index (χ1) is 6.24. The molecule has 1 aliphatic carbocycles. The molecule has 1 N–H and O–H groups in total. The third kappa shape index (κ3) is 2.02. The van der Waals surface area contributed by atoms with Gasteiger partial charge in [0.2, 0.25) is 0 Å². The lowest BCUT2D eigenvalue weighted by atomic mass is 10.1. The van der Waals surface area contributed by atoms with Crippen molar-refractivity contribution in [2.75, 3.05) is 5.32 Å². The van der Waals surface area contributed by atoms with Crippen LogP contribution in [0.5, 0.6) is 0 Å². The summed E-state index contributed by atoms with van der Waals surface area (Å²) in [6.07, 6.45) is 7.88. The van der Waals surface area contributed by atoms with Gasteiger partial charge in [0.05, 0.1) is 11.9 Å². The van der Waals surface area contributed by atoms with Gasteiger partial charge in [-0.3, -0.25) is 4.68 Å². The molecule has 0 aliphatic heterocycles. The minimum absolute atomic E-state index is 0.666. The van der Waals surface area contributed by atoms with Crippen molar-refractivity contribution in [2.24, 2.45) is 13.0 Å². The number of aromatic nitrogens is 2. The quantitative estimate of drug-likeness (QED) is 0.752. The predicted octanol–water partition coefficient (Wildman–Crippen LogP) is 2.02. The van der Waals surface area contributed by atoms with Crippen molar-refractivity contribution in [1.82, 2.24) is 9.78 Å². The summed E-state index contributed by atoms with van der Waals surface area (Å²) < 4.78 is 1.83.